The van der Waals surface area contributed by atoms with Gasteiger partial charge in [0.1, 0.15) is 17.8 Å². The fraction of sp³-hybridized carbons (Fsp3) is 0.720. The molecule has 0 bridgehead atoms. The van der Waals surface area contributed by atoms with Crippen LogP contribution in [0.25, 0.3) is 0 Å². The Hall–Kier alpha value is -1.66. The summed E-state index contributed by atoms with van der Waals surface area (Å²) >= 11 is 0. The van der Waals surface area contributed by atoms with Gasteiger partial charge in [0, 0.05) is 5.92 Å². The molecule has 31 heavy (non-hydrogen) atoms. The summed E-state index contributed by atoms with van der Waals surface area (Å²) in [5.41, 5.74) is 1.05. The van der Waals surface area contributed by atoms with Crippen LogP contribution in [0.3, 0.4) is 0 Å². The summed E-state index contributed by atoms with van der Waals surface area (Å²) < 4.78 is 26.2. The van der Waals surface area contributed by atoms with Crippen molar-refractivity contribution < 1.29 is 23.6 Å². The minimum atomic E-state index is -0.151. The van der Waals surface area contributed by atoms with E-state index in [1.807, 2.05) is 12.1 Å². The molecular weight excluding hydrogens is 395 g/mol. The third-order valence-corrected chi connectivity index (χ3v) is 9.25. The molecule has 0 unspecified atom stereocenters. The topological polar surface area (TPSA) is 46.5 Å². The molecule has 168 valence electrons. The highest BCUT2D eigenvalue weighted by Crippen LogP contribution is 2.62. The van der Waals surface area contributed by atoms with E-state index < -0.39 is 0 Å². The van der Waals surface area contributed by atoms with Crippen LogP contribution < -0.4 is 9.80 Å². The number of nitrogens with one attached hydrogen (secondary N) is 1. The van der Waals surface area contributed by atoms with E-state index >= 15 is 0 Å². The first-order valence-electron chi connectivity index (χ1n) is 12.1. The Kier molecular flexibility index (Phi) is 4.62. The molecule has 0 amide bonds. The molecule has 1 N–H and O–H groups in total. The van der Waals surface area contributed by atoms with Crippen LogP contribution in [-0.4, -0.2) is 57.0 Å². The van der Waals surface area contributed by atoms with Crippen molar-refractivity contribution in [3.05, 3.63) is 30.1 Å². The van der Waals surface area contributed by atoms with Crippen molar-refractivity contribution in [3.8, 4) is 0 Å². The Morgan fingerprint density at radius 2 is 2.00 bits per heavy atom. The Bertz CT molecular complexity index is 866. The number of para-hydroxylation sites is 1. The number of fused-ring (bicyclic) bond motifs is 3. The number of epoxide rings is 1. The quantitative estimate of drug-likeness (QED) is 0.590. The molecule has 6 atom stereocenters. The van der Waals surface area contributed by atoms with E-state index in [4.69, 9.17) is 9.47 Å². The summed E-state index contributed by atoms with van der Waals surface area (Å²) in [7, 11) is 0. The van der Waals surface area contributed by atoms with Crippen LogP contribution >= 0.6 is 0 Å². The predicted octanol–water partition coefficient (Wildman–Crippen LogP) is 2.06. The number of hydrogen-bond donors (Lipinski definition) is 1. The molecule has 2 aliphatic carbocycles. The van der Waals surface area contributed by atoms with Gasteiger partial charge in [0.05, 0.1) is 50.6 Å². The normalized spacial score (nSPS) is 42.3. The molecule has 6 rings (SSSR count). The number of piperazine rings is 1. The summed E-state index contributed by atoms with van der Waals surface area (Å²) in [6.45, 7) is 7.68. The van der Waals surface area contributed by atoms with E-state index in [0.717, 1.165) is 52.2 Å². The van der Waals surface area contributed by atoms with Crippen molar-refractivity contribution in [1.82, 2.24) is 0 Å². The fourth-order valence-corrected chi connectivity index (χ4v) is 7.48. The number of carbonyl (C=O) groups excluding carboxylic acids is 1. The summed E-state index contributed by atoms with van der Waals surface area (Å²) in [6.07, 6.45) is 5.83. The van der Waals surface area contributed by atoms with Crippen molar-refractivity contribution in [2.24, 2.45) is 23.2 Å². The van der Waals surface area contributed by atoms with Gasteiger partial charge < -0.3 is 19.3 Å². The zero-order valence-corrected chi connectivity index (χ0v) is 18.4. The zero-order chi connectivity index (χ0) is 21.2. The number of halogens is 1. The second-order valence-corrected chi connectivity index (χ2v) is 11.0. The molecule has 5 aliphatic rings. The summed E-state index contributed by atoms with van der Waals surface area (Å²) in [5.74, 6) is 0.776. The number of hydrogen-bond acceptors (Lipinski definition) is 4. The fourth-order valence-electron chi connectivity index (χ4n) is 7.48. The van der Waals surface area contributed by atoms with E-state index in [1.54, 1.807) is 6.07 Å². The van der Waals surface area contributed by atoms with Crippen LogP contribution in [0.4, 0.5) is 10.1 Å². The molecule has 0 radical (unpaired) electrons. The highest BCUT2D eigenvalue weighted by molar-refractivity contribution is 5.75. The van der Waals surface area contributed by atoms with Gasteiger partial charge in [0.25, 0.3) is 0 Å². The Labute approximate surface area is 183 Å². The van der Waals surface area contributed by atoms with Crippen LogP contribution in [0.2, 0.25) is 0 Å². The second-order valence-electron chi connectivity index (χ2n) is 11.0. The summed E-state index contributed by atoms with van der Waals surface area (Å²) in [5, 5.41) is 0. The first-order chi connectivity index (χ1) is 15.0. The van der Waals surface area contributed by atoms with Gasteiger partial charge in [0.2, 0.25) is 0 Å². The van der Waals surface area contributed by atoms with Gasteiger partial charge in [-0.2, -0.15) is 0 Å². The zero-order valence-electron chi connectivity index (χ0n) is 18.4. The van der Waals surface area contributed by atoms with Crippen LogP contribution in [0.1, 0.15) is 39.0 Å². The SMILES string of the molecule is C[C@]12CCC[C@]3(CO3)[C@@H]1C[C@@H]1[C@H](C[NH+]3CCN(c4ccccc4F)CC3)C(=O)O[C@@H]1C2. The van der Waals surface area contributed by atoms with Crippen molar-refractivity contribution >= 4 is 11.7 Å². The molecule has 2 saturated carbocycles. The number of ether oxygens (including phenoxy) is 2. The number of anilines is 1. The van der Waals surface area contributed by atoms with Gasteiger partial charge in [-0.15, -0.1) is 0 Å². The van der Waals surface area contributed by atoms with Crippen LogP contribution in [0, 0.1) is 29.0 Å². The lowest BCUT2D eigenvalue weighted by atomic mass is 9.53. The molecule has 3 heterocycles. The van der Waals surface area contributed by atoms with Gasteiger partial charge in [0.15, 0.2) is 0 Å². The maximum Gasteiger partial charge on any atom is 0.315 e. The van der Waals surface area contributed by atoms with E-state index in [0.29, 0.717) is 17.5 Å². The highest BCUT2D eigenvalue weighted by atomic mass is 19.1. The van der Waals surface area contributed by atoms with Crippen molar-refractivity contribution in [3.63, 3.8) is 0 Å². The molecule has 5 fully saturated rings. The third-order valence-electron chi connectivity index (χ3n) is 9.25. The maximum absolute atomic E-state index is 14.2. The number of esters is 1. The monoisotopic (exact) mass is 429 g/mol. The van der Waals surface area contributed by atoms with Crippen molar-refractivity contribution in [2.75, 3.05) is 44.2 Å². The van der Waals surface area contributed by atoms with E-state index in [1.165, 1.54) is 30.2 Å². The molecule has 6 heteroatoms. The second kappa shape index (κ2) is 7.17. The lowest BCUT2D eigenvalue weighted by Crippen LogP contribution is -3.15. The number of benzene rings is 1. The lowest BCUT2D eigenvalue weighted by Gasteiger charge is -2.51. The molecule has 1 spiro atoms. The maximum atomic E-state index is 14.2. The largest absolute Gasteiger partial charge is 0.462 e. The third kappa shape index (κ3) is 3.29. The Morgan fingerprint density at radius 3 is 2.74 bits per heavy atom. The predicted molar refractivity (Wildman–Crippen MR) is 114 cm³/mol. The van der Waals surface area contributed by atoms with Crippen LogP contribution in [0.5, 0.6) is 0 Å². The molecule has 3 aliphatic heterocycles. The molecule has 5 nitrogen and oxygen atoms in total. The molecule has 3 saturated heterocycles. The smallest absolute Gasteiger partial charge is 0.315 e. The van der Waals surface area contributed by atoms with Gasteiger partial charge in [-0.1, -0.05) is 19.1 Å². The summed E-state index contributed by atoms with van der Waals surface area (Å²) in [4.78, 5) is 16.5. The minimum absolute atomic E-state index is 0.00212. The lowest BCUT2D eigenvalue weighted by molar-refractivity contribution is -0.903. The summed E-state index contributed by atoms with van der Waals surface area (Å²) in [6, 6.07) is 7.02. The van der Waals surface area contributed by atoms with Gasteiger partial charge in [-0.05, 0) is 55.6 Å². The van der Waals surface area contributed by atoms with Crippen LogP contribution in [0.15, 0.2) is 24.3 Å². The van der Waals surface area contributed by atoms with Crippen molar-refractivity contribution in [1.29, 1.82) is 0 Å². The van der Waals surface area contributed by atoms with Gasteiger partial charge in [-0.25, -0.2) is 4.39 Å². The molecule has 0 aromatic heterocycles. The number of quaternary nitrogens is 1. The Balaban J connectivity index is 1.12. The van der Waals surface area contributed by atoms with Crippen molar-refractivity contribution in [2.45, 2.75) is 50.7 Å². The van der Waals surface area contributed by atoms with E-state index in [2.05, 4.69) is 11.8 Å². The highest BCUT2D eigenvalue weighted by Gasteiger charge is 2.65. The minimum Gasteiger partial charge on any atom is -0.462 e. The average Bonchev–Trinajstić information content (AvgIpc) is 3.46. The Morgan fingerprint density at radius 1 is 1.23 bits per heavy atom. The molecule has 1 aromatic rings. The van der Waals surface area contributed by atoms with E-state index in [9.17, 15) is 9.18 Å². The number of rotatable bonds is 3. The van der Waals surface area contributed by atoms with Crippen LogP contribution in [-0.2, 0) is 14.3 Å². The molecular formula is C25H34FN2O3+. The van der Waals surface area contributed by atoms with Gasteiger partial charge >= 0.3 is 5.97 Å². The first kappa shape index (κ1) is 20.0. The van der Waals surface area contributed by atoms with Gasteiger partial charge in [-0.3, -0.25) is 4.79 Å². The standard InChI is InChI=1S/C25H33FN2O3/c1-24-7-4-8-25(16-30-25)22(24)13-17-18(23(29)31-21(17)14-24)15-27-9-11-28(12-10-27)20-6-3-2-5-19(20)26/h2-3,5-6,17-18,21-22H,4,7-16H2,1H3/p+1/t17-,18+,21-,22-,24-,25+/m1/s1. The molecule has 1 aromatic carbocycles. The first-order valence-corrected chi connectivity index (χ1v) is 12.1. The number of carbonyl (C=O) groups is 1. The average molecular weight is 430 g/mol. The number of nitrogens with zero attached hydrogens (tertiary/aromatic N) is 1. The van der Waals surface area contributed by atoms with E-state index in [-0.39, 0.29) is 34.8 Å².